The van der Waals surface area contributed by atoms with E-state index in [0.29, 0.717) is 18.9 Å². The lowest BCUT2D eigenvalue weighted by Gasteiger charge is -2.33. The molecule has 1 saturated carbocycles. The zero-order chi connectivity index (χ0) is 19.1. The number of amides is 2. The molecule has 2 fully saturated rings. The van der Waals surface area contributed by atoms with Crippen LogP contribution in [0.3, 0.4) is 0 Å². The van der Waals surface area contributed by atoms with E-state index in [-0.39, 0.29) is 25.3 Å². The molecule has 1 saturated heterocycles. The predicted molar refractivity (Wildman–Crippen MR) is 79.8 cm³/mol. The summed E-state index contributed by atoms with van der Waals surface area (Å²) in [6.45, 7) is 0.0503. The summed E-state index contributed by atoms with van der Waals surface area (Å²) in [5.41, 5.74) is -2.31. The van der Waals surface area contributed by atoms with Gasteiger partial charge in [0.25, 0.3) is 0 Å². The van der Waals surface area contributed by atoms with Gasteiger partial charge in [0.15, 0.2) is 0 Å². The number of carbonyl (C=O) groups is 2. The minimum absolute atomic E-state index is 0.0230. The van der Waals surface area contributed by atoms with Crippen LogP contribution in [0.2, 0.25) is 0 Å². The van der Waals surface area contributed by atoms with Crippen LogP contribution >= 0.6 is 0 Å². The summed E-state index contributed by atoms with van der Waals surface area (Å²) in [6.07, 6.45) is -5.37. The first kappa shape index (κ1) is 18.4. The molecule has 1 heterocycles. The summed E-state index contributed by atoms with van der Waals surface area (Å²) in [5, 5.41) is 11.8. The van der Waals surface area contributed by atoms with E-state index in [1.165, 1.54) is 6.07 Å². The average Bonchev–Trinajstić information content (AvgIpc) is 3.34. The molecule has 0 spiro atoms. The molecule has 3 rings (SSSR count). The molecular formula is C16H16F4N2O4. The van der Waals surface area contributed by atoms with E-state index in [4.69, 9.17) is 9.84 Å². The smallest absolute Gasteiger partial charge is 0.419 e. The van der Waals surface area contributed by atoms with Crippen molar-refractivity contribution < 1.29 is 37.0 Å². The van der Waals surface area contributed by atoms with Gasteiger partial charge < -0.3 is 15.2 Å². The van der Waals surface area contributed by atoms with E-state index in [1.54, 1.807) is 0 Å². The van der Waals surface area contributed by atoms with E-state index in [1.807, 2.05) is 0 Å². The van der Waals surface area contributed by atoms with Crippen LogP contribution < -0.4 is 5.32 Å². The van der Waals surface area contributed by atoms with Gasteiger partial charge in [-0.2, -0.15) is 13.2 Å². The van der Waals surface area contributed by atoms with Crippen LogP contribution in [0.1, 0.15) is 24.0 Å². The summed E-state index contributed by atoms with van der Waals surface area (Å²) in [5.74, 6) is -2.04. The molecule has 142 valence electrons. The quantitative estimate of drug-likeness (QED) is 0.794. The molecule has 10 heteroatoms. The second kappa shape index (κ2) is 6.42. The molecule has 2 amide bonds. The van der Waals surface area contributed by atoms with Crippen molar-refractivity contribution in [3.05, 3.63) is 35.1 Å². The maximum absolute atomic E-state index is 13.5. The molecule has 0 bridgehead atoms. The summed E-state index contributed by atoms with van der Waals surface area (Å²) in [4.78, 5) is 24.7. The van der Waals surface area contributed by atoms with Gasteiger partial charge in [-0.05, 0) is 30.5 Å². The van der Waals surface area contributed by atoms with Gasteiger partial charge in [0, 0.05) is 6.54 Å². The zero-order valence-electron chi connectivity index (χ0n) is 13.5. The Morgan fingerprint density at radius 1 is 1.31 bits per heavy atom. The van der Waals surface area contributed by atoms with Gasteiger partial charge in [0.2, 0.25) is 5.91 Å². The van der Waals surface area contributed by atoms with Crippen molar-refractivity contribution in [3.63, 3.8) is 0 Å². The van der Waals surface area contributed by atoms with Crippen LogP contribution in [0.5, 0.6) is 0 Å². The van der Waals surface area contributed by atoms with Crippen LogP contribution in [0.15, 0.2) is 18.2 Å². The third kappa shape index (κ3) is 3.46. The Kier molecular flexibility index (Phi) is 4.55. The Labute approximate surface area is 145 Å². The fraction of sp³-hybridized carbons (Fsp3) is 0.500. The first-order valence-electron chi connectivity index (χ1n) is 7.91. The van der Waals surface area contributed by atoms with Gasteiger partial charge in [-0.25, -0.2) is 9.18 Å². The maximum Gasteiger partial charge on any atom is 0.419 e. The number of rotatable bonds is 3. The van der Waals surface area contributed by atoms with Crippen molar-refractivity contribution in [2.24, 2.45) is 0 Å². The number of benzene rings is 1. The Hall–Kier alpha value is -2.36. The molecule has 2 N–H and O–H groups in total. The fourth-order valence-electron chi connectivity index (χ4n) is 3.02. The molecule has 0 aromatic heterocycles. The molecule has 2 aliphatic rings. The number of ether oxygens (including phenoxy) is 1. The minimum atomic E-state index is -4.85. The Bertz CT molecular complexity index is 733. The summed E-state index contributed by atoms with van der Waals surface area (Å²) in [7, 11) is 0. The Balaban J connectivity index is 1.81. The van der Waals surface area contributed by atoms with Gasteiger partial charge in [-0.3, -0.25) is 9.69 Å². The van der Waals surface area contributed by atoms with Crippen LogP contribution in [0, 0.1) is 5.82 Å². The molecule has 1 aromatic rings. The van der Waals surface area contributed by atoms with Crippen LogP contribution in [-0.2, 0) is 21.2 Å². The van der Waals surface area contributed by atoms with Crippen LogP contribution in [0.4, 0.5) is 22.4 Å². The van der Waals surface area contributed by atoms with E-state index in [2.05, 4.69) is 5.32 Å². The maximum atomic E-state index is 13.5. The van der Waals surface area contributed by atoms with Crippen molar-refractivity contribution >= 4 is 12.0 Å². The van der Waals surface area contributed by atoms with Crippen molar-refractivity contribution in [1.82, 2.24) is 10.2 Å². The van der Waals surface area contributed by atoms with Gasteiger partial charge in [-0.15, -0.1) is 0 Å². The number of halogens is 4. The van der Waals surface area contributed by atoms with Crippen molar-refractivity contribution in [2.45, 2.75) is 30.6 Å². The Morgan fingerprint density at radius 3 is 2.58 bits per heavy atom. The first-order valence-corrected chi connectivity index (χ1v) is 7.91. The SMILES string of the molecule is O=C(NC1(c2ccc(F)c(C(F)(F)F)c2)CC1)C1COCCN1C(=O)O. The molecule has 1 atom stereocenters. The average molecular weight is 376 g/mol. The first-order chi connectivity index (χ1) is 12.1. The highest BCUT2D eigenvalue weighted by Gasteiger charge is 2.49. The molecule has 1 aliphatic carbocycles. The number of nitrogens with zero attached hydrogens (tertiary/aromatic N) is 1. The van der Waals surface area contributed by atoms with Gasteiger partial charge >= 0.3 is 12.3 Å². The Morgan fingerprint density at radius 2 is 2.00 bits per heavy atom. The van der Waals surface area contributed by atoms with Gasteiger partial charge in [0.1, 0.15) is 11.9 Å². The lowest BCUT2D eigenvalue weighted by Crippen LogP contribution is -2.57. The van der Waals surface area contributed by atoms with Gasteiger partial charge in [0.05, 0.1) is 24.3 Å². The summed E-state index contributed by atoms with van der Waals surface area (Å²) in [6, 6.07) is 1.53. The molecule has 1 aromatic carbocycles. The van der Waals surface area contributed by atoms with E-state index >= 15 is 0 Å². The third-order valence-electron chi connectivity index (χ3n) is 4.61. The molecule has 0 radical (unpaired) electrons. The van der Waals surface area contributed by atoms with E-state index < -0.39 is 41.1 Å². The summed E-state index contributed by atoms with van der Waals surface area (Å²) >= 11 is 0. The normalized spacial score (nSPS) is 22.0. The number of morpholine rings is 1. The minimum Gasteiger partial charge on any atom is -0.465 e. The van der Waals surface area contributed by atoms with E-state index in [0.717, 1.165) is 11.0 Å². The fourth-order valence-corrected chi connectivity index (χ4v) is 3.02. The number of hydrogen-bond donors (Lipinski definition) is 2. The second-order valence-corrected chi connectivity index (χ2v) is 6.33. The highest BCUT2D eigenvalue weighted by molar-refractivity contribution is 5.86. The monoisotopic (exact) mass is 376 g/mol. The number of alkyl halides is 3. The second-order valence-electron chi connectivity index (χ2n) is 6.33. The highest BCUT2D eigenvalue weighted by Crippen LogP contribution is 2.47. The number of carbonyl (C=O) groups excluding carboxylic acids is 1. The third-order valence-corrected chi connectivity index (χ3v) is 4.61. The standard InChI is InChI=1S/C16H16F4N2O4/c17-11-2-1-9(7-10(11)16(18,19)20)15(3-4-15)21-13(23)12-8-26-6-5-22(12)14(24)25/h1-2,7,12H,3-6,8H2,(H,21,23)(H,24,25). The highest BCUT2D eigenvalue weighted by atomic mass is 19.4. The van der Waals surface area contributed by atoms with Crippen molar-refractivity contribution in [3.8, 4) is 0 Å². The van der Waals surface area contributed by atoms with Gasteiger partial charge in [-0.1, -0.05) is 6.07 Å². The topological polar surface area (TPSA) is 78.9 Å². The molecule has 26 heavy (non-hydrogen) atoms. The molecular weight excluding hydrogens is 360 g/mol. The molecule has 6 nitrogen and oxygen atoms in total. The lowest BCUT2D eigenvalue weighted by atomic mass is 10.0. The summed E-state index contributed by atoms with van der Waals surface area (Å²) < 4.78 is 57.4. The molecule has 1 aliphatic heterocycles. The lowest BCUT2D eigenvalue weighted by molar-refractivity contribution is -0.140. The number of carboxylic acid groups (broad SMARTS) is 1. The largest absolute Gasteiger partial charge is 0.465 e. The van der Waals surface area contributed by atoms with Crippen LogP contribution in [-0.4, -0.2) is 47.8 Å². The predicted octanol–water partition coefficient (Wildman–Crippen LogP) is 2.33. The van der Waals surface area contributed by atoms with E-state index in [9.17, 15) is 27.2 Å². The number of hydrogen-bond acceptors (Lipinski definition) is 3. The van der Waals surface area contributed by atoms with Crippen molar-refractivity contribution in [1.29, 1.82) is 0 Å². The zero-order valence-corrected chi connectivity index (χ0v) is 13.5. The van der Waals surface area contributed by atoms with Crippen molar-refractivity contribution in [2.75, 3.05) is 19.8 Å². The molecule has 1 unspecified atom stereocenters. The van der Waals surface area contributed by atoms with Crippen LogP contribution in [0.25, 0.3) is 0 Å². The number of nitrogens with one attached hydrogen (secondary N) is 1.